The van der Waals surface area contributed by atoms with Crippen molar-refractivity contribution in [2.75, 3.05) is 26.7 Å². The monoisotopic (exact) mass is 520 g/mol. The molecular weight excluding hydrogens is 499 g/mol. The number of methoxy groups -OCH3 is 1. The van der Waals surface area contributed by atoms with Crippen LogP contribution in [0, 0.1) is 0 Å². The van der Waals surface area contributed by atoms with Gasteiger partial charge in [0.2, 0.25) is 5.67 Å². The first-order valence-corrected chi connectivity index (χ1v) is 11.1. The lowest BCUT2D eigenvalue weighted by Gasteiger charge is -2.22. The number of amides is 1. The van der Waals surface area contributed by atoms with Crippen LogP contribution in [-0.4, -0.2) is 77.0 Å². The zero-order valence-electron chi connectivity index (χ0n) is 18.3. The number of carboxylic acid groups (broad SMARTS) is 1. The number of halogens is 5. The Morgan fingerprint density at radius 3 is 2.29 bits per heavy atom. The van der Waals surface area contributed by atoms with Crippen LogP contribution in [0.2, 0.25) is 0 Å². The summed E-state index contributed by atoms with van der Waals surface area (Å²) >= 11 is 1.33. The highest BCUT2D eigenvalue weighted by atomic mass is 32.1. The molecule has 2 saturated heterocycles. The van der Waals surface area contributed by atoms with Gasteiger partial charge in [-0.05, 0) is 11.6 Å². The number of fused-ring (bicyclic) bond motifs is 1. The van der Waals surface area contributed by atoms with Gasteiger partial charge in [-0.15, -0.1) is 11.3 Å². The first-order chi connectivity index (χ1) is 16.3. The number of esters is 1. The summed E-state index contributed by atoms with van der Waals surface area (Å²) < 4.78 is 67.4. The Bertz CT molecular complexity index is 1100. The SMILES string of the molecule is COC(=O)c1csc(CN2C[C@]3(F)CN(Cc4ccccc4)C(=O)[C@]3(F)C2)c1.O=C(O)C(F)(F)F. The highest BCUT2D eigenvalue weighted by Crippen LogP contribution is 2.46. The third-order valence-corrected chi connectivity index (χ3v) is 6.53. The molecule has 0 saturated carbocycles. The van der Waals surface area contributed by atoms with Crippen molar-refractivity contribution in [3.05, 3.63) is 57.8 Å². The van der Waals surface area contributed by atoms with Crippen LogP contribution in [0.1, 0.15) is 20.8 Å². The number of nitrogens with zero attached hydrogens (tertiary/aromatic N) is 2. The van der Waals surface area contributed by atoms with Crippen molar-refractivity contribution in [2.24, 2.45) is 0 Å². The first-order valence-electron chi connectivity index (χ1n) is 10.2. The maximum atomic E-state index is 15.5. The predicted octanol–water partition coefficient (Wildman–Crippen LogP) is 3.44. The predicted molar refractivity (Wildman–Crippen MR) is 114 cm³/mol. The molecule has 1 aromatic heterocycles. The third-order valence-electron chi connectivity index (χ3n) is 5.61. The fraction of sp³-hybridized carbons (Fsp3) is 0.409. The molecular formula is C22H21F5N2O5S. The van der Waals surface area contributed by atoms with Gasteiger partial charge in [0, 0.05) is 36.4 Å². The normalized spacial score (nSPS) is 24.1. The molecule has 0 aliphatic carbocycles. The zero-order valence-corrected chi connectivity index (χ0v) is 19.2. The molecule has 2 fully saturated rings. The molecule has 0 radical (unpaired) electrons. The molecule has 190 valence electrons. The van der Waals surface area contributed by atoms with Gasteiger partial charge >= 0.3 is 18.1 Å². The standard InChI is InChI=1S/C20H20F2N2O3S.C2HF3O2/c1-27-17(25)15-7-16(28-10-15)9-23-11-19(21)12-24(18(26)20(19,22)13-23)8-14-5-3-2-4-6-14;3-2(4,5)1(6)7/h2-7,10H,8-9,11-13H2,1H3;(H,6,7)/t19-,20+;/m0./s1. The Morgan fingerprint density at radius 2 is 1.74 bits per heavy atom. The highest BCUT2D eigenvalue weighted by molar-refractivity contribution is 7.10. The zero-order chi connectivity index (χ0) is 26.0. The van der Waals surface area contributed by atoms with Gasteiger partial charge in [-0.1, -0.05) is 30.3 Å². The van der Waals surface area contributed by atoms with Crippen LogP contribution in [0.5, 0.6) is 0 Å². The van der Waals surface area contributed by atoms with E-state index in [-0.39, 0.29) is 32.7 Å². The minimum atomic E-state index is -5.08. The van der Waals surface area contributed by atoms with Gasteiger partial charge in [-0.25, -0.2) is 18.4 Å². The van der Waals surface area contributed by atoms with E-state index in [0.717, 1.165) is 10.4 Å². The van der Waals surface area contributed by atoms with Crippen molar-refractivity contribution in [3.8, 4) is 0 Å². The molecule has 13 heteroatoms. The minimum absolute atomic E-state index is 0.161. The van der Waals surface area contributed by atoms with E-state index >= 15 is 8.78 Å². The maximum absolute atomic E-state index is 15.5. The number of rotatable bonds is 5. The molecule has 2 atom stereocenters. The van der Waals surface area contributed by atoms with Crippen LogP contribution < -0.4 is 0 Å². The number of carbonyl (C=O) groups is 3. The lowest BCUT2D eigenvalue weighted by Crippen LogP contribution is -2.47. The fourth-order valence-electron chi connectivity index (χ4n) is 4.00. The van der Waals surface area contributed by atoms with E-state index in [1.807, 2.05) is 30.3 Å². The summed E-state index contributed by atoms with van der Waals surface area (Å²) in [5.74, 6) is -3.99. The van der Waals surface area contributed by atoms with Crippen LogP contribution in [0.4, 0.5) is 22.0 Å². The quantitative estimate of drug-likeness (QED) is 0.480. The third kappa shape index (κ3) is 5.61. The summed E-state index contributed by atoms with van der Waals surface area (Å²) in [6.07, 6.45) is -5.08. The van der Waals surface area contributed by atoms with Crippen molar-refractivity contribution >= 4 is 29.2 Å². The second-order valence-electron chi connectivity index (χ2n) is 8.15. The number of benzene rings is 1. The highest BCUT2D eigenvalue weighted by Gasteiger charge is 2.70. The van der Waals surface area contributed by atoms with Crippen LogP contribution in [-0.2, 0) is 27.4 Å². The molecule has 4 rings (SSSR count). The minimum Gasteiger partial charge on any atom is -0.475 e. The molecule has 1 amide bonds. The molecule has 3 heterocycles. The number of ether oxygens (including phenoxy) is 1. The van der Waals surface area contributed by atoms with Crippen molar-refractivity contribution in [1.29, 1.82) is 0 Å². The van der Waals surface area contributed by atoms with Crippen LogP contribution >= 0.6 is 11.3 Å². The summed E-state index contributed by atoms with van der Waals surface area (Å²) in [7, 11) is 1.30. The van der Waals surface area contributed by atoms with Crippen LogP contribution in [0.15, 0.2) is 41.8 Å². The van der Waals surface area contributed by atoms with Gasteiger partial charge < -0.3 is 14.7 Å². The smallest absolute Gasteiger partial charge is 0.475 e. The van der Waals surface area contributed by atoms with Gasteiger partial charge in [0.15, 0.2) is 5.67 Å². The molecule has 1 aromatic carbocycles. The van der Waals surface area contributed by atoms with Crippen LogP contribution in [0.3, 0.4) is 0 Å². The first kappa shape index (κ1) is 26.5. The summed E-state index contributed by atoms with van der Waals surface area (Å²) in [5.41, 5.74) is -3.52. The molecule has 0 unspecified atom stereocenters. The van der Waals surface area contributed by atoms with Gasteiger partial charge in [-0.2, -0.15) is 13.2 Å². The van der Waals surface area contributed by atoms with Crippen molar-refractivity contribution in [1.82, 2.24) is 9.80 Å². The van der Waals surface area contributed by atoms with E-state index in [9.17, 15) is 22.8 Å². The Morgan fingerprint density at radius 1 is 1.11 bits per heavy atom. The second kappa shape index (κ2) is 9.90. The van der Waals surface area contributed by atoms with Crippen molar-refractivity contribution in [2.45, 2.75) is 30.6 Å². The molecule has 7 nitrogen and oxygen atoms in total. The summed E-state index contributed by atoms with van der Waals surface area (Å²) in [6.45, 7) is -0.230. The molecule has 1 N–H and O–H groups in total. The number of carbonyl (C=O) groups excluding carboxylic acids is 2. The Kier molecular flexibility index (Phi) is 7.50. The topological polar surface area (TPSA) is 87.2 Å². The molecule has 2 aliphatic heterocycles. The molecule has 2 aromatic rings. The number of hydrogen-bond donors (Lipinski definition) is 1. The van der Waals surface area contributed by atoms with Crippen molar-refractivity contribution in [3.63, 3.8) is 0 Å². The van der Waals surface area contributed by atoms with E-state index < -0.39 is 35.4 Å². The number of carboxylic acids is 1. The Balaban J connectivity index is 0.000000429. The lowest BCUT2D eigenvalue weighted by atomic mass is 9.93. The largest absolute Gasteiger partial charge is 0.490 e. The number of likely N-dealkylation sites (tertiary alicyclic amines) is 2. The van der Waals surface area contributed by atoms with Gasteiger partial charge in [-0.3, -0.25) is 9.69 Å². The Hall–Kier alpha value is -3.06. The van der Waals surface area contributed by atoms with Crippen molar-refractivity contribution < 1.29 is 46.2 Å². The number of hydrogen-bond acceptors (Lipinski definition) is 6. The van der Waals surface area contributed by atoms with Gasteiger partial charge in [0.1, 0.15) is 0 Å². The van der Waals surface area contributed by atoms with Gasteiger partial charge in [0.05, 0.1) is 19.2 Å². The molecule has 0 bridgehead atoms. The molecule has 2 aliphatic rings. The number of alkyl halides is 5. The maximum Gasteiger partial charge on any atom is 0.490 e. The Labute approximate surface area is 200 Å². The van der Waals surface area contributed by atoms with E-state index in [1.165, 1.54) is 23.3 Å². The summed E-state index contributed by atoms with van der Waals surface area (Å²) in [6, 6.07) is 10.8. The summed E-state index contributed by atoms with van der Waals surface area (Å²) in [5, 5.41) is 8.78. The van der Waals surface area contributed by atoms with E-state index in [4.69, 9.17) is 9.90 Å². The van der Waals surface area contributed by atoms with E-state index in [0.29, 0.717) is 5.56 Å². The molecule has 35 heavy (non-hydrogen) atoms. The number of thiophene rings is 1. The fourth-order valence-corrected chi connectivity index (χ4v) is 4.89. The molecule has 0 spiro atoms. The van der Waals surface area contributed by atoms with E-state index in [2.05, 4.69) is 4.74 Å². The second-order valence-corrected chi connectivity index (χ2v) is 9.15. The average Bonchev–Trinajstić information content (AvgIpc) is 3.39. The summed E-state index contributed by atoms with van der Waals surface area (Å²) in [4.78, 5) is 36.8. The number of aliphatic carboxylic acids is 1. The van der Waals surface area contributed by atoms with E-state index in [1.54, 1.807) is 16.3 Å². The average molecular weight is 520 g/mol. The van der Waals surface area contributed by atoms with Gasteiger partial charge in [0.25, 0.3) is 5.91 Å². The lowest BCUT2D eigenvalue weighted by molar-refractivity contribution is -0.192. The van der Waals surface area contributed by atoms with Crippen LogP contribution in [0.25, 0.3) is 0 Å².